The molecule has 0 aliphatic heterocycles. The molecule has 0 fully saturated rings. The van der Waals surface area contributed by atoms with E-state index in [4.69, 9.17) is 4.98 Å². The number of hydrogen-bond donors (Lipinski definition) is 0. The molecular formula is C43H33N. The Morgan fingerprint density at radius 2 is 0.795 bits per heavy atom. The monoisotopic (exact) mass is 563 g/mol. The summed E-state index contributed by atoms with van der Waals surface area (Å²) in [5.41, 5.74) is 9.52. The number of hydrogen-bond acceptors (Lipinski definition) is 1. The Morgan fingerprint density at radius 3 is 1.36 bits per heavy atom. The van der Waals surface area contributed by atoms with E-state index in [-0.39, 0.29) is 0 Å². The van der Waals surface area contributed by atoms with Gasteiger partial charge in [0, 0.05) is 11.8 Å². The zero-order chi connectivity index (χ0) is 29.9. The first kappa shape index (κ1) is 27.3. The van der Waals surface area contributed by atoms with Crippen molar-refractivity contribution >= 4 is 32.3 Å². The Labute approximate surface area is 259 Å². The minimum atomic E-state index is 0.982. The number of fused-ring (bicyclic) bond motifs is 3. The molecule has 1 nitrogen and oxygen atoms in total. The lowest BCUT2D eigenvalue weighted by atomic mass is 9.85. The summed E-state index contributed by atoms with van der Waals surface area (Å²) in [5, 5.41) is 7.52. The third-order valence-electron chi connectivity index (χ3n) is 8.29. The van der Waals surface area contributed by atoms with Gasteiger partial charge in [-0.3, -0.25) is 4.98 Å². The lowest BCUT2D eigenvalue weighted by molar-refractivity contribution is 1.33. The maximum Gasteiger partial charge on any atom is 0.0708 e. The fourth-order valence-corrected chi connectivity index (χ4v) is 6.31. The number of aromatic nitrogens is 1. The van der Waals surface area contributed by atoms with Gasteiger partial charge in [0.05, 0.1) is 5.69 Å². The van der Waals surface area contributed by atoms with E-state index in [1.165, 1.54) is 65.7 Å². The second-order valence-electron chi connectivity index (χ2n) is 10.8. The van der Waals surface area contributed by atoms with Crippen molar-refractivity contribution in [3.8, 4) is 44.6 Å². The van der Waals surface area contributed by atoms with Crippen molar-refractivity contribution in [1.82, 2.24) is 4.98 Å². The molecule has 1 aromatic heterocycles. The number of pyridine rings is 1. The fraction of sp³-hybridized carbons (Fsp3) is 0.0465. The highest BCUT2D eigenvalue weighted by molar-refractivity contribution is 6.21. The molecule has 0 N–H and O–H groups in total. The Kier molecular flexibility index (Phi) is 7.44. The third kappa shape index (κ3) is 4.93. The Morgan fingerprint density at radius 1 is 0.341 bits per heavy atom. The Balaban J connectivity index is 0.00000153. The van der Waals surface area contributed by atoms with E-state index < -0.39 is 0 Å². The number of nitrogens with zero attached hydrogens (tertiary/aromatic N) is 1. The lowest BCUT2D eigenvalue weighted by Crippen LogP contribution is -1.91. The highest BCUT2D eigenvalue weighted by Gasteiger charge is 2.16. The summed E-state index contributed by atoms with van der Waals surface area (Å²) in [7, 11) is 0. The molecule has 44 heavy (non-hydrogen) atoms. The minimum Gasteiger partial charge on any atom is -0.256 e. The van der Waals surface area contributed by atoms with Gasteiger partial charge in [0.25, 0.3) is 0 Å². The molecule has 0 aliphatic carbocycles. The molecule has 210 valence electrons. The van der Waals surface area contributed by atoms with E-state index >= 15 is 0 Å². The fourth-order valence-electron chi connectivity index (χ4n) is 6.31. The summed E-state index contributed by atoms with van der Waals surface area (Å²) in [6.07, 6.45) is 1.90. The van der Waals surface area contributed by atoms with Crippen molar-refractivity contribution in [3.63, 3.8) is 0 Å². The normalized spacial score (nSPS) is 11.0. The molecule has 0 radical (unpaired) electrons. The van der Waals surface area contributed by atoms with Crippen molar-refractivity contribution in [2.75, 3.05) is 0 Å². The maximum atomic E-state index is 4.71. The van der Waals surface area contributed by atoms with E-state index in [9.17, 15) is 0 Å². The molecule has 0 bridgehead atoms. The van der Waals surface area contributed by atoms with Crippen molar-refractivity contribution in [3.05, 3.63) is 164 Å². The quantitative estimate of drug-likeness (QED) is 0.194. The van der Waals surface area contributed by atoms with E-state index in [2.05, 4.69) is 152 Å². The largest absolute Gasteiger partial charge is 0.256 e. The van der Waals surface area contributed by atoms with Gasteiger partial charge in [-0.1, -0.05) is 147 Å². The molecule has 8 rings (SSSR count). The second-order valence-corrected chi connectivity index (χ2v) is 10.8. The topological polar surface area (TPSA) is 12.9 Å². The van der Waals surface area contributed by atoms with Gasteiger partial charge in [0.2, 0.25) is 0 Å². The van der Waals surface area contributed by atoms with Gasteiger partial charge < -0.3 is 0 Å². The summed E-state index contributed by atoms with van der Waals surface area (Å²) in [6, 6.07) is 56.7. The standard InChI is InChI=1S/C41H27N.C2H6/c1-3-11-28(12-4-1)32-23-24-42-39(27-32)33-21-19-31-26-34(22-20-30(31)25-33)41-37-17-9-7-15-35(37)40(29-13-5-2-6-14-29)36-16-8-10-18-38(36)41;1-2/h1-27H;1-2H3. The zero-order valence-corrected chi connectivity index (χ0v) is 25.0. The van der Waals surface area contributed by atoms with Crippen LogP contribution < -0.4 is 0 Å². The first-order valence-electron chi connectivity index (χ1n) is 15.4. The van der Waals surface area contributed by atoms with Crippen LogP contribution in [0.5, 0.6) is 0 Å². The van der Waals surface area contributed by atoms with Crippen LogP contribution in [0.1, 0.15) is 13.8 Å². The van der Waals surface area contributed by atoms with Crippen LogP contribution in [0.3, 0.4) is 0 Å². The zero-order valence-electron chi connectivity index (χ0n) is 25.0. The van der Waals surface area contributed by atoms with Gasteiger partial charge in [0.1, 0.15) is 0 Å². The molecule has 0 saturated heterocycles. The molecular weight excluding hydrogens is 530 g/mol. The number of rotatable bonds is 4. The van der Waals surface area contributed by atoms with E-state index in [0.717, 1.165) is 11.3 Å². The van der Waals surface area contributed by atoms with Gasteiger partial charge in [0.15, 0.2) is 0 Å². The van der Waals surface area contributed by atoms with Gasteiger partial charge in [-0.15, -0.1) is 0 Å². The van der Waals surface area contributed by atoms with Crippen LogP contribution in [-0.2, 0) is 0 Å². The van der Waals surface area contributed by atoms with E-state index in [1.807, 2.05) is 26.1 Å². The van der Waals surface area contributed by atoms with Gasteiger partial charge >= 0.3 is 0 Å². The molecule has 0 unspecified atom stereocenters. The average Bonchev–Trinajstić information content (AvgIpc) is 3.12. The summed E-state index contributed by atoms with van der Waals surface area (Å²) >= 11 is 0. The molecule has 8 aromatic rings. The Hall–Kier alpha value is -5.53. The molecule has 1 heteroatoms. The molecule has 0 spiro atoms. The first-order chi connectivity index (χ1) is 21.8. The van der Waals surface area contributed by atoms with Crippen LogP contribution in [0.15, 0.2) is 164 Å². The molecule has 0 amide bonds. The average molecular weight is 564 g/mol. The van der Waals surface area contributed by atoms with Crippen molar-refractivity contribution in [2.45, 2.75) is 13.8 Å². The lowest BCUT2D eigenvalue weighted by Gasteiger charge is -2.18. The van der Waals surface area contributed by atoms with Crippen LogP contribution >= 0.6 is 0 Å². The maximum absolute atomic E-state index is 4.71. The van der Waals surface area contributed by atoms with Crippen molar-refractivity contribution in [2.24, 2.45) is 0 Å². The van der Waals surface area contributed by atoms with Crippen LogP contribution in [0, 0.1) is 0 Å². The molecule has 7 aromatic carbocycles. The molecule has 0 atom stereocenters. The van der Waals surface area contributed by atoms with Crippen LogP contribution in [0.4, 0.5) is 0 Å². The van der Waals surface area contributed by atoms with Crippen LogP contribution in [0.2, 0.25) is 0 Å². The highest BCUT2D eigenvalue weighted by atomic mass is 14.7. The smallest absolute Gasteiger partial charge is 0.0708 e. The van der Waals surface area contributed by atoms with Crippen molar-refractivity contribution in [1.29, 1.82) is 0 Å². The van der Waals surface area contributed by atoms with Gasteiger partial charge in [-0.2, -0.15) is 0 Å². The number of benzene rings is 7. The summed E-state index contributed by atoms with van der Waals surface area (Å²) < 4.78 is 0. The van der Waals surface area contributed by atoms with Gasteiger partial charge in [-0.05, 0) is 90.0 Å². The van der Waals surface area contributed by atoms with E-state index in [1.54, 1.807) is 0 Å². The molecule has 1 heterocycles. The molecule has 0 saturated carbocycles. The highest BCUT2D eigenvalue weighted by Crippen LogP contribution is 2.44. The second kappa shape index (κ2) is 12.0. The van der Waals surface area contributed by atoms with Crippen molar-refractivity contribution < 1.29 is 0 Å². The predicted molar refractivity (Wildman–Crippen MR) is 190 cm³/mol. The summed E-state index contributed by atoms with van der Waals surface area (Å²) in [6.45, 7) is 4.00. The molecule has 0 aliphatic rings. The summed E-state index contributed by atoms with van der Waals surface area (Å²) in [4.78, 5) is 4.71. The van der Waals surface area contributed by atoms with Crippen LogP contribution in [0.25, 0.3) is 77.0 Å². The summed E-state index contributed by atoms with van der Waals surface area (Å²) in [5.74, 6) is 0. The predicted octanol–water partition coefficient (Wildman–Crippen LogP) is 12.2. The Bertz CT molecular complexity index is 2170. The van der Waals surface area contributed by atoms with Crippen LogP contribution in [-0.4, -0.2) is 4.98 Å². The van der Waals surface area contributed by atoms with Gasteiger partial charge in [-0.25, -0.2) is 0 Å². The SMILES string of the molecule is CC.c1ccc(-c2ccnc(-c3ccc4cc(-c5c6ccccc6c(-c6ccccc6)c6ccccc56)ccc4c3)c2)cc1. The first-order valence-corrected chi connectivity index (χ1v) is 15.4. The minimum absolute atomic E-state index is 0.982. The third-order valence-corrected chi connectivity index (χ3v) is 8.29. The van der Waals surface area contributed by atoms with E-state index in [0.29, 0.717) is 0 Å².